The molecule has 8 heteroatoms. The van der Waals surface area contributed by atoms with Crippen LogP contribution in [0.1, 0.15) is 39.3 Å². The van der Waals surface area contributed by atoms with Gasteiger partial charge in [0.25, 0.3) is 0 Å². The van der Waals surface area contributed by atoms with E-state index in [1.54, 1.807) is 42.9 Å². The predicted octanol–water partition coefficient (Wildman–Crippen LogP) is 5.35. The molecule has 3 rings (SSSR count). The highest BCUT2D eigenvalue weighted by Crippen LogP contribution is 2.25. The molecule has 1 aromatic carbocycles. The van der Waals surface area contributed by atoms with Gasteiger partial charge in [-0.1, -0.05) is 38.1 Å². The number of aryl methyl sites for hydroxylation is 1. The second kappa shape index (κ2) is 7.90. The van der Waals surface area contributed by atoms with Crippen molar-refractivity contribution in [1.29, 1.82) is 0 Å². The van der Waals surface area contributed by atoms with E-state index in [2.05, 4.69) is 20.8 Å². The normalized spacial score (nSPS) is 12.1. The number of imidazole rings is 1. The van der Waals surface area contributed by atoms with E-state index in [1.807, 2.05) is 32.9 Å². The lowest BCUT2D eigenvalue weighted by molar-refractivity contribution is 0.262. The van der Waals surface area contributed by atoms with Gasteiger partial charge < -0.3 is 14.4 Å². The van der Waals surface area contributed by atoms with Crippen molar-refractivity contribution in [2.24, 2.45) is 7.05 Å². The third-order valence-corrected chi connectivity index (χ3v) is 4.27. The van der Waals surface area contributed by atoms with E-state index in [4.69, 9.17) is 4.52 Å². The summed E-state index contributed by atoms with van der Waals surface area (Å²) in [7, 11) is 1.74. The highest BCUT2D eigenvalue weighted by molar-refractivity contribution is 5.99. The predicted molar refractivity (Wildman–Crippen MR) is 111 cm³/mol. The van der Waals surface area contributed by atoms with E-state index in [9.17, 15) is 9.18 Å². The zero-order chi connectivity index (χ0) is 21.2. The van der Waals surface area contributed by atoms with Gasteiger partial charge in [-0.2, -0.15) is 0 Å². The van der Waals surface area contributed by atoms with Crippen molar-refractivity contribution >= 4 is 23.4 Å². The number of allylic oxidation sites excluding steroid dienone is 1. The number of anilines is 2. The Bertz CT molecular complexity index is 1040. The summed E-state index contributed by atoms with van der Waals surface area (Å²) in [5.74, 6) is 0.916. The molecular weight excluding hydrogens is 373 g/mol. The Morgan fingerprint density at radius 1 is 1.21 bits per heavy atom. The second-order valence-electron chi connectivity index (χ2n) is 7.68. The fraction of sp³-hybridized carbons (Fsp3) is 0.286. The second-order valence-corrected chi connectivity index (χ2v) is 7.68. The smallest absolute Gasteiger partial charge is 0.324 e. The van der Waals surface area contributed by atoms with Gasteiger partial charge in [0.15, 0.2) is 17.5 Å². The third-order valence-electron chi connectivity index (χ3n) is 4.27. The molecule has 2 N–H and O–H groups in total. The van der Waals surface area contributed by atoms with Gasteiger partial charge in [0, 0.05) is 36.0 Å². The molecule has 0 radical (unpaired) electrons. The van der Waals surface area contributed by atoms with Gasteiger partial charge in [-0.25, -0.2) is 14.2 Å². The highest BCUT2D eigenvalue weighted by Gasteiger charge is 2.20. The number of amides is 2. The van der Waals surface area contributed by atoms with Crippen LogP contribution in [0.15, 0.2) is 47.1 Å². The Kier molecular flexibility index (Phi) is 5.54. The molecule has 152 valence electrons. The molecule has 7 nitrogen and oxygen atoms in total. The zero-order valence-electron chi connectivity index (χ0n) is 17.1. The molecule has 0 bridgehead atoms. The molecule has 0 aliphatic heterocycles. The number of carbonyl (C=O) groups is 1. The number of nitrogens with one attached hydrogen (secondary N) is 2. The summed E-state index contributed by atoms with van der Waals surface area (Å²) in [6.45, 7) is 7.61. The van der Waals surface area contributed by atoms with Crippen LogP contribution in [0.25, 0.3) is 17.1 Å². The summed E-state index contributed by atoms with van der Waals surface area (Å²) in [4.78, 5) is 16.5. The first-order valence-corrected chi connectivity index (χ1v) is 9.18. The molecule has 29 heavy (non-hydrogen) atoms. The maximum Gasteiger partial charge on any atom is 0.324 e. The van der Waals surface area contributed by atoms with Gasteiger partial charge in [0.2, 0.25) is 0 Å². The molecule has 0 fully saturated rings. The van der Waals surface area contributed by atoms with Crippen molar-refractivity contribution in [3.05, 3.63) is 54.2 Å². The summed E-state index contributed by atoms with van der Waals surface area (Å²) in [5, 5.41) is 9.23. The van der Waals surface area contributed by atoms with Gasteiger partial charge in [-0.15, -0.1) is 0 Å². The SMILES string of the molecule is C/C=C(/F)c1nc(-c2ccc(NC(=O)Nc3cc(C(C)(C)C)on3)cc2)cn1C. The minimum absolute atomic E-state index is 0.194. The van der Waals surface area contributed by atoms with Gasteiger partial charge >= 0.3 is 6.03 Å². The lowest BCUT2D eigenvalue weighted by Gasteiger charge is -2.12. The molecule has 0 aliphatic rings. The summed E-state index contributed by atoms with van der Waals surface area (Å²) in [6, 6.07) is 8.39. The number of benzene rings is 1. The van der Waals surface area contributed by atoms with Gasteiger partial charge in [0.05, 0.1) is 5.69 Å². The summed E-state index contributed by atoms with van der Waals surface area (Å²) < 4.78 is 20.7. The van der Waals surface area contributed by atoms with Crippen molar-refractivity contribution in [3.63, 3.8) is 0 Å². The van der Waals surface area contributed by atoms with Crippen LogP contribution in [0, 0.1) is 0 Å². The molecule has 0 saturated heterocycles. The Hall–Kier alpha value is -3.42. The first-order valence-electron chi connectivity index (χ1n) is 9.18. The van der Waals surface area contributed by atoms with Crippen molar-refractivity contribution in [1.82, 2.24) is 14.7 Å². The topological polar surface area (TPSA) is 85.0 Å². The zero-order valence-corrected chi connectivity index (χ0v) is 17.1. The van der Waals surface area contributed by atoms with Crippen LogP contribution in [-0.2, 0) is 12.5 Å². The minimum Gasteiger partial charge on any atom is -0.359 e. The van der Waals surface area contributed by atoms with Crippen LogP contribution in [0.2, 0.25) is 0 Å². The number of halogens is 1. The largest absolute Gasteiger partial charge is 0.359 e. The van der Waals surface area contributed by atoms with Crippen molar-refractivity contribution in [3.8, 4) is 11.3 Å². The van der Waals surface area contributed by atoms with Gasteiger partial charge in [0.1, 0.15) is 5.76 Å². The minimum atomic E-state index is -0.429. The Labute approximate surface area is 168 Å². The molecule has 0 spiro atoms. The van der Waals surface area contributed by atoms with Crippen LogP contribution in [0.5, 0.6) is 0 Å². The van der Waals surface area contributed by atoms with Crippen LogP contribution in [0.3, 0.4) is 0 Å². The third kappa shape index (κ3) is 4.71. The Morgan fingerprint density at radius 3 is 2.48 bits per heavy atom. The lowest BCUT2D eigenvalue weighted by atomic mass is 9.93. The average molecular weight is 397 g/mol. The first-order chi connectivity index (χ1) is 13.7. The van der Waals surface area contributed by atoms with Crippen molar-refractivity contribution in [2.45, 2.75) is 33.1 Å². The van der Waals surface area contributed by atoms with Crippen LogP contribution in [-0.4, -0.2) is 20.7 Å². The van der Waals surface area contributed by atoms with E-state index in [0.717, 1.165) is 5.56 Å². The fourth-order valence-corrected chi connectivity index (χ4v) is 2.65. The molecule has 0 aliphatic carbocycles. The number of nitrogens with zero attached hydrogens (tertiary/aromatic N) is 3. The Balaban J connectivity index is 1.66. The molecule has 2 heterocycles. The molecule has 2 aromatic heterocycles. The molecule has 3 aromatic rings. The number of urea groups is 1. The maximum atomic E-state index is 13.8. The maximum absolute atomic E-state index is 13.8. The first kappa shape index (κ1) is 20.3. The van der Waals surface area contributed by atoms with E-state index in [-0.39, 0.29) is 17.1 Å². The highest BCUT2D eigenvalue weighted by atomic mass is 19.1. The van der Waals surface area contributed by atoms with Gasteiger partial charge in [-0.05, 0) is 25.1 Å². The van der Waals surface area contributed by atoms with E-state index in [0.29, 0.717) is 23.0 Å². The number of rotatable bonds is 4. The lowest BCUT2D eigenvalue weighted by Crippen LogP contribution is -2.19. The van der Waals surface area contributed by atoms with Crippen molar-refractivity contribution < 1.29 is 13.7 Å². The summed E-state index contributed by atoms with van der Waals surface area (Å²) >= 11 is 0. The number of carbonyl (C=O) groups excluding carboxylic acids is 1. The van der Waals surface area contributed by atoms with E-state index < -0.39 is 6.03 Å². The van der Waals surface area contributed by atoms with Crippen LogP contribution < -0.4 is 10.6 Å². The van der Waals surface area contributed by atoms with Crippen LogP contribution in [0.4, 0.5) is 20.7 Å². The van der Waals surface area contributed by atoms with Crippen molar-refractivity contribution in [2.75, 3.05) is 10.6 Å². The average Bonchev–Trinajstić information content (AvgIpc) is 3.28. The number of hydrogen-bond acceptors (Lipinski definition) is 4. The van der Waals surface area contributed by atoms with Crippen LogP contribution >= 0.6 is 0 Å². The van der Waals surface area contributed by atoms with E-state index >= 15 is 0 Å². The Morgan fingerprint density at radius 2 is 1.90 bits per heavy atom. The molecule has 0 saturated carbocycles. The molecule has 0 atom stereocenters. The van der Waals surface area contributed by atoms with Gasteiger partial charge in [-0.3, -0.25) is 5.32 Å². The number of aromatic nitrogens is 3. The monoisotopic (exact) mass is 397 g/mol. The van der Waals surface area contributed by atoms with E-state index in [1.165, 1.54) is 6.08 Å². The summed E-state index contributed by atoms with van der Waals surface area (Å²) in [5.41, 5.74) is 1.86. The number of hydrogen-bond donors (Lipinski definition) is 2. The quantitative estimate of drug-likeness (QED) is 0.622. The standard InChI is InChI=1S/C21H24FN5O2/c1-6-15(22)19-24-16(12-27(19)5)13-7-9-14(10-8-13)23-20(28)25-18-11-17(29-26-18)21(2,3)4/h6-12H,1-5H3,(H2,23,25,26,28)/b15-6+. The molecule has 2 amide bonds. The molecular formula is C21H24FN5O2. The fourth-order valence-electron chi connectivity index (χ4n) is 2.65. The molecule has 0 unspecified atom stereocenters. The summed E-state index contributed by atoms with van der Waals surface area (Å²) in [6.07, 6.45) is 3.13.